The minimum absolute atomic E-state index is 0.0336. The maximum absolute atomic E-state index is 12.0. The molecule has 1 aromatic heterocycles. The van der Waals surface area contributed by atoms with Crippen molar-refractivity contribution >= 4 is 11.7 Å². The Bertz CT molecular complexity index is 437. The molecule has 0 bridgehead atoms. The first-order valence-electron chi connectivity index (χ1n) is 5.77. The van der Waals surface area contributed by atoms with Crippen LogP contribution in [0.4, 0.5) is 5.82 Å². The molecule has 1 heterocycles. The average molecular weight is 236 g/mol. The first kappa shape index (κ1) is 11.8. The van der Waals surface area contributed by atoms with Crippen LogP contribution in [0.1, 0.15) is 19.3 Å². The smallest absolute Gasteiger partial charge is 0.264 e. The summed E-state index contributed by atoms with van der Waals surface area (Å²) in [5.41, 5.74) is 5.34. The predicted molar refractivity (Wildman–Crippen MR) is 63.4 cm³/mol. The summed E-state index contributed by atoms with van der Waals surface area (Å²) in [7, 11) is 0. The molecular formula is C11H16N4O2. The zero-order chi connectivity index (χ0) is 12.3. The SMILES string of the molecule is NCC1CCCC1C(=O)Nc1ccc(=O)[nH]n1. The topological polar surface area (TPSA) is 101 Å². The number of nitrogens with one attached hydrogen (secondary N) is 2. The summed E-state index contributed by atoms with van der Waals surface area (Å²) in [5, 5.41) is 8.72. The number of amides is 1. The number of hydrogen-bond acceptors (Lipinski definition) is 4. The van der Waals surface area contributed by atoms with E-state index < -0.39 is 0 Å². The van der Waals surface area contributed by atoms with Crippen molar-refractivity contribution in [3.05, 3.63) is 22.5 Å². The quantitative estimate of drug-likeness (QED) is 0.692. The second-order valence-corrected chi connectivity index (χ2v) is 4.33. The maximum Gasteiger partial charge on any atom is 0.264 e. The highest BCUT2D eigenvalue weighted by Crippen LogP contribution is 2.31. The van der Waals surface area contributed by atoms with Gasteiger partial charge in [0.1, 0.15) is 0 Å². The summed E-state index contributed by atoms with van der Waals surface area (Å²) in [6.45, 7) is 0.539. The van der Waals surface area contributed by atoms with Crippen LogP contribution in [0.3, 0.4) is 0 Å². The fraction of sp³-hybridized carbons (Fsp3) is 0.545. The highest BCUT2D eigenvalue weighted by Gasteiger charge is 2.31. The average Bonchev–Trinajstić information content (AvgIpc) is 2.80. The molecule has 92 valence electrons. The molecule has 4 N–H and O–H groups in total. The molecule has 2 unspecified atom stereocenters. The molecule has 1 saturated carbocycles. The summed E-state index contributed by atoms with van der Waals surface area (Å²) >= 11 is 0. The van der Waals surface area contributed by atoms with E-state index in [1.54, 1.807) is 0 Å². The van der Waals surface area contributed by atoms with Gasteiger partial charge in [0.05, 0.1) is 0 Å². The van der Waals surface area contributed by atoms with Crippen LogP contribution in [0.5, 0.6) is 0 Å². The van der Waals surface area contributed by atoms with Gasteiger partial charge in [-0.3, -0.25) is 9.59 Å². The lowest BCUT2D eigenvalue weighted by molar-refractivity contribution is -0.120. The maximum atomic E-state index is 12.0. The number of hydrogen-bond donors (Lipinski definition) is 3. The van der Waals surface area contributed by atoms with Crippen molar-refractivity contribution in [2.45, 2.75) is 19.3 Å². The Hall–Kier alpha value is -1.69. The van der Waals surface area contributed by atoms with E-state index >= 15 is 0 Å². The molecule has 1 fully saturated rings. The molecule has 1 aliphatic rings. The molecule has 0 radical (unpaired) electrons. The number of nitrogens with zero attached hydrogens (tertiary/aromatic N) is 1. The van der Waals surface area contributed by atoms with Crippen molar-refractivity contribution in [3.63, 3.8) is 0 Å². The Labute approximate surface area is 98.6 Å². The first-order valence-corrected chi connectivity index (χ1v) is 5.77. The van der Waals surface area contributed by atoms with Gasteiger partial charge in [-0.25, -0.2) is 5.10 Å². The molecule has 6 heteroatoms. The van der Waals surface area contributed by atoms with E-state index in [0.29, 0.717) is 12.4 Å². The third-order valence-electron chi connectivity index (χ3n) is 3.23. The van der Waals surface area contributed by atoms with Crippen molar-refractivity contribution in [1.82, 2.24) is 10.2 Å². The minimum Gasteiger partial charge on any atom is -0.330 e. The lowest BCUT2D eigenvalue weighted by Gasteiger charge is -2.16. The minimum atomic E-state index is -0.288. The van der Waals surface area contributed by atoms with E-state index in [2.05, 4.69) is 15.5 Å². The van der Waals surface area contributed by atoms with Crippen molar-refractivity contribution in [2.24, 2.45) is 17.6 Å². The van der Waals surface area contributed by atoms with Gasteiger partial charge in [0.25, 0.3) is 5.56 Å². The fourth-order valence-electron chi connectivity index (χ4n) is 2.30. The monoisotopic (exact) mass is 236 g/mol. The fourth-order valence-corrected chi connectivity index (χ4v) is 2.30. The Kier molecular flexibility index (Phi) is 3.53. The van der Waals surface area contributed by atoms with Gasteiger partial charge in [-0.05, 0) is 31.4 Å². The Morgan fingerprint density at radius 3 is 3.00 bits per heavy atom. The molecule has 2 atom stereocenters. The van der Waals surface area contributed by atoms with Gasteiger partial charge in [-0.1, -0.05) is 6.42 Å². The second kappa shape index (κ2) is 5.09. The van der Waals surface area contributed by atoms with E-state index in [-0.39, 0.29) is 23.3 Å². The van der Waals surface area contributed by atoms with Gasteiger partial charge in [0, 0.05) is 12.0 Å². The van der Waals surface area contributed by atoms with E-state index in [4.69, 9.17) is 5.73 Å². The summed E-state index contributed by atoms with van der Waals surface area (Å²) in [6, 6.07) is 2.82. The number of rotatable bonds is 3. The lowest BCUT2D eigenvalue weighted by atomic mass is 9.95. The molecule has 1 amide bonds. The van der Waals surface area contributed by atoms with Crippen LogP contribution < -0.4 is 16.6 Å². The number of carbonyl (C=O) groups excluding carboxylic acids is 1. The summed E-state index contributed by atoms with van der Waals surface area (Å²) < 4.78 is 0. The van der Waals surface area contributed by atoms with E-state index in [1.807, 2.05) is 0 Å². The predicted octanol–water partition coefficient (Wildman–Crippen LogP) is 0.0834. The summed E-state index contributed by atoms with van der Waals surface area (Å²) in [5.74, 6) is 0.543. The van der Waals surface area contributed by atoms with Crippen LogP contribution in [-0.4, -0.2) is 22.6 Å². The molecule has 0 aromatic carbocycles. The number of aromatic amines is 1. The molecule has 1 aliphatic carbocycles. The first-order chi connectivity index (χ1) is 8.20. The summed E-state index contributed by atoms with van der Waals surface area (Å²) in [4.78, 5) is 22.8. The van der Waals surface area contributed by atoms with Gasteiger partial charge < -0.3 is 11.1 Å². The molecule has 0 saturated heterocycles. The van der Waals surface area contributed by atoms with E-state index in [0.717, 1.165) is 19.3 Å². The van der Waals surface area contributed by atoms with E-state index in [9.17, 15) is 9.59 Å². The van der Waals surface area contributed by atoms with Crippen molar-refractivity contribution in [2.75, 3.05) is 11.9 Å². The van der Waals surface area contributed by atoms with Crippen LogP contribution in [0.15, 0.2) is 16.9 Å². The normalized spacial score (nSPS) is 23.6. The van der Waals surface area contributed by atoms with Crippen LogP contribution in [0.2, 0.25) is 0 Å². The highest BCUT2D eigenvalue weighted by molar-refractivity contribution is 5.91. The van der Waals surface area contributed by atoms with Gasteiger partial charge in [-0.15, -0.1) is 0 Å². The van der Waals surface area contributed by atoms with Gasteiger partial charge in [-0.2, -0.15) is 5.10 Å². The lowest BCUT2D eigenvalue weighted by Crippen LogP contribution is -2.30. The molecule has 0 aliphatic heterocycles. The molecule has 17 heavy (non-hydrogen) atoms. The van der Waals surface area contributed by atoms with Crippen LogP contribution in [0, 0.1) is 11.8 Å². The molecule has 0 spiro atoms. The van der Waals surface area contributed by atoms with Gasteiger partial charge >= 0.3 is 0 Å². The van der Waals surface area contributed by atoms with Crippen LogP contribution >= 0.6 is 0 Å². The molecule has 1 aromatic rings. The Morgan fingerprint density at radius 1 is 1.53 bits per heavy atom. The van der Waals surface area contributed by atoms with Crippen LogP contribution in [-0.2, 0) is 4.79 Å². The standard InChI is InChI=1S/C11H16N4O2/c12-6-7-2-1-3-8(7)11(17)13-9-4-5-10(16)15-14-9/h4-5,7-8H,1-3,6,12H2,(H,15,16)(H,13,14,17). The Morgan fingerprint density at radius 2 is 2.35 bits per heavy atom. The van der Waals surface area contributed by atoms with Crippen molar-refractivity contribution < 1.29 is 4.79 Å². The molecular weight excluding hydrogens is 220 g/mol. The number of carbonyl (C=O) groups is 1. The van der Waals surface area contributed by atoms with Crippen LogP contribution in [0.25, 0.3) is 0 Å². The number of aromatic nitrogens is 2. The third-order valence-corrected chi connectivity index (χ3v) is 3.23. The Balaban J connectivity index is 2.01. The van der Waals surface area contributed by atoms with Crippen molar-refractivity contribution in [1.29, 1.82) is 0 Å². The largest absolute Gasteiger partial charge is 0.330 e. The molecule has 2 rings (SSSR count). The van der Waals surface area contributed by atoms with Gasteiger partial charge in [0.15, 0.2) is 5.82 Å². The second-order valence-electron chi connectivity index (χ2n) is 4.33. The van der Waals surface area contributed by atoms with Gasteiger partial charge in [0.2, 0.25) is 5.91 Å². The highest BCUT2D eigenvalue weighted by atomic mass is 16.2. The summed E-state index contributed by atoms with van der Waals surface area (Å²) in [6.07, 6.45) is 2.92. The van der Waals surface area contributed by atoms with E-state index in [1.165, 1.54) is 12.1 Å². The third kappa shape index (κ3) is 2.71. The zero-order valence-corrected chi connectivity index (χ0v) is 9.48. The van der Waals surface area contributed by atoms with Crippen molar-refractivity contribution in [3.8, 4) is 0 Å². The number of anilines is 1. The molecule has 6 nitrogen and oxygen atoms in total. The number of H-pyrrole nitrogens is 1. The zero-order valence-electron chi connectivity index (χ0n) is 9.48. The number of nitrogens with two attached hydrogens (primary N) is 1.